The normalized spacial score (nSPS) is 18.8. The smallest absolute Gasteiger partial charge is 0.254 e. The molecule has 1 aromatic rings. The number of anilines is 1. The molecule has 0 aromatic carbocycles. The number of rotatable bonds is 7. The van der Waals surface area contributed by atoms with Crippen molar-refractivity contribution in [2.45, 2.75) is 56.6 Å². The van der Waals surface area contributed by atoms with Crippen LogP contribution in [0.25, 0.3) is 0 Å². The number of amides is 1. The second-order valence-corrected chi connectivity index (χ2v) is 8.25. The average Bonchev–Trinajstić information content (AvgIpc) is 3.17. The lowest BCUT2D eigenvalue weighted by atomic mass is 10.0. The Bertz CT molecular complexity index is 525. The van der Waals surface area contributed by atoms with Crippen molar-refractivity contribution in [3.05, 3.63) is 23.9 Å². The number of hydrogen-bond donors (Lipinski definition) is 1. The van der Waals surface area contributed by atoms with E-state index in [-0.39, 0.29) is 5.91 Å². The van der Waals surface area contributed by atoms with Gasteiger partial charge in [0.2, 0.25) is 0 Å². The Morgan fingerprint density at radius 1 is 1.21 bits per heavy atom. The van der Waals surface area contributed by atoms with E-state index in [1.165, 1.54) is 37.9 Å². The first kappa shape index (κ1) is 17.6. The van der Waals surface area contributed by atoms with Crippen molar-refractivity contribution in [1.82, 2.24) is 9.88 Å². The molecule has 0 radical (unpaired) electrons. The fraction of sp³-hybridized carbons (Fsp3) is 0.684. The van der Waals surface area contributed by atoms with Gasteiger partial charge in [0.1, 0.15) is 5.82 Å². The Balaban J connectivity index is 1.39. The Morgan fingerprint density at radius 3 is 2.79 bits per heavy atom. The predicted molar refractivity (Wildman–Crippen MR) is 102 cm³/mol. The van der Waals surface area contributed by atoms with Crippen LogP contribution in [0.2, 0.25) is 0 Å². The van der Waals surface area contributed by atoms with Crippen LogP contribution in [0.3, 0.4) is 0 Å². The Hall–Kier alpha value is -1.23. The Labute approximate surface area is 149 Å². The summed E-state index contributed by atoms with van der Waals surface area (Å²) in [6.45, 7) is 2.71. The van der Waals surface area contributed by atoms with Crippen molar-refractivity contribution in [3.63, 3.8) is 0 Å². The van der Waals surface area contributed by atoms with Gasteiger partial charge >= 0.3 is 0 Å². The lowest BCUT2D eigenvalue weighted by molar-refractivity contribution is 0.0793. The van der Waals surface area contributed by atoms with E-state index in [0.29, 0.717) is 0 Å². The van der Waals surface area contributed by atoms with E-state index in [9.17, 15) is 4.79 Å². The van der Waals surface area contributed by atoms with Gasteiger partial charge in [-0.1, -0.05) is 19.3 Å². The SMILES string of the molecule is O=C(c1ccnc(NCCCSC2CCCCC2)c1)N1CCCC1. The third-order valence-electron chi connectivity index (χ3n) is 4.93. The maximum Gasteiger partial charge on any atom is 0.254 e. The van der Waals surface area contributed by atoms with E-state index in [1.54, 1.807) is 6.20 Å². The third-order valence-corrected chi connectivity index (χ3v) is 6.40. The molecule has 2 aliphatic rings. The summed E-state index contributed by atoms with van der Waals surface area (Å²) in [7, 11) is 0. The molecule has 1 aliphatic carbocycles. The molecule has 1 aromatic heterocycles. The zero-order valence-corrected chi connectivity index (χ0v) is 15.3. The minimum Gasteiger partial charge on any atom is -0.370 e. The number of pyridine rings is 1. The van der Waals surface area contributed by atoms with Gasteiger partial charge in [-0.3, -0.25) is 4.79 Å². The highest BCUT2D eigenvalue weighted by atomic mass is 32.2. The minimum absolute atomic E-state index is 0.144. The summed E-state index contributed by atoms with van der Waals surface area (Å²) in [5.41, 5.74) is 0.756. The molecule has 2 fully saturated rings. The lowest BCUT2D eigenvalue weighted by Gasteiger charge is -2.20. The second kappa shape index (κ2) is 9.30. The van der Waals surface area contributed by atoms with Crippen LogP contribution in [0.15, 0.2) is 18.3 Å². The quantitative estimate of drug-likeness (QED) is 0.751. The first-order valence-electron chi connectivity index (χ1n) is 9.44. The molecule has 1 amide bonds. The van der Waals surface area contributed by atoms with Gasteiger partial charge in [-0.05, 0) is 50.0 Å². The van der Waals surface area contributed by atoms with Crippen molar-refractivity contribution in [1.29, 1.82) is 0 Å². The summed E-state index contributed by atoms with van der Waals surface area (Å²) < 4.78 is 0. The number of likely N-dealkylation sites (tertiary alicyclic amines) is 1. The first-order chi connectivity index (χ1) is 11.8. The van der Waals surface area contributed by atoms with Crippen molar-refractivity contribution >= 4 is 23.5 Å². The summed E-state index contributed by atoms with van der Waals surface area (Å²) in [5, 5.41) is 4.26. The largest absolute Gasteiger partial charge is 0.370 e. The molecule has 0 unspecified atom stereocenters. The van der Waals surface area contributed by atoms with Crippen molar-refractivity contribution in [2.75, 3.05) is 30.7 Å². The van der Waals surface area contributed by atoms with Gasteiger partial charge in [0.15, 0.2) is 0 Å². The zero-order valence-electron chi connectivity index (χ0n) is 14.5. The van der Waals surface area contributed by atoms with E-state index < -0.39 is 0 Å². The van der Waals surface area contributed by atoms with Crippen LogP contribution in [0, 0.1) is 0 Å². The van der Waals surface area contributed by atoms with Gasteiger partial charge in [0.05, 0.1) is 0 Å². The third kappa shape index (κ3) is 5.13. The summed E-state index contributed by atoms with van der Waals surface area (Å²) in [4.78, 5) is 18.7. The molecule has 3 rings (SSSR count). The van der Waals surface area contributed by atoms with Gasteiger partial charge in [-0.15, -0.1) is 0 Å². The van der Waals surface area contributed by atoms with Crippen molar-refractivity contribution in [2.24, 2.45) is 0 Å². The van der Waals surface area contributed by atoms with E-state index in [2.05, 4.69) is 22.1 Å². The van der Waals surface area contributed by atoms with Crippen LogP contribution >= 0.6 is 11.8 Å². The van der Waals surface area contributed by atoms with Gasteiger partial charge < -0.3 is 10.2 Å². The molecule has 1 N–H and O–H groups in total. The van der Waals surface area contributed by atoms with Gasteiger partial charge in [-0.2, -0.15) is 11.8 Å². The molecular weight excluding hydrogens is 318 g/mol. The standard InChI is InChI=1S/C19H29N3OS/c23-19(22-12-4-5-13-22)16-9-11-21-18(15-16)20-10-6-14-24-17-7-2-1-3-8-17/h9,11,15,17H,1-8,10,12-14H2,(H,20,21). The summed E-state index contributed by atoms with van der Waals surface area (Å²) in [5.74, 6) is 2.18. The van der Waals surface area contributed by atoms with Crippen LogP contribution in [0.5, 0.6) is 0 Å². The monoisotopic (exact) mass is 347 g/mol. The molecule has 2 heterocycles. The van der Waals surface area contributed by atoms with Crippen LogP contribution in [0.1, 0.15) is 61.7 Å². The molecule has 1 saturated carbocycles. The molecule has 0 atom stereocenters. The van der Waals surface area contributed by atoms with E-state index in [1.807, 2.05) is 17.0 Å². The highest BCUT2D eigenvalue weighted by Crippen LogP contribution is 2.28. The van der Waals surface area contributed by atoms with Crippen LogP contribution in [-0.2, 0) is 0 Å². The molecule has 24 heavy (non-hydrogen) atoms. The molecule has 0 bridgehead atoms. The number of carbonyl (C=O) groups excluding carboxylic acids is 1. The maximum atomic E-state index is 12.4. The van der Waals surface area contributed by atoms with Crippen molar-refractivity contribution in [3.8, 4) is 0 Å². The molecule has 1 aliphatic heterocycles. The van der Waals surface area contributed by atoms with Crippen LogP contribution in [0.4, 0.5) is 5.82 Å². The summed E-state index contributed by atoms with van der Waals surface area (Å²) in [6, 6.07) is 3.72. The highest BCUT2D eigenvalue weighted by Gasteiger charge is 2.19. The van der Waals surface area contributed by atoms with E-state index >= 15 is 0 Å². The first-order valence-corrected chi connectivity index (χ1v) is 10.5. The Morgan fingerprint density at radius 2 is 2.00 bits per heavy atom. The van der Waals surface area contributed by atoms with Gasteiger partial charge in [0.25, 0.3) is 5.91 Å². The van der Waals surface area contributed by atoms with Gasteiger partial charge in [0, 0.05) is 36.6 Å². The number of nitrogens with zero attached hydrogens (tertiary/aromatic N) is 2. The molecule has 132 valence electrons. The Kier molecular flexibility index (Phi) is 6.82. The number of nitrogens with one attached hydrogen (secondary N) is 1. The van der Waals surface area contributed by atoms with Crippen LogP contribution in [-0.4, -0.2) is 46.4 Å². The lowest BCUT2D eigenvalue weighted by Crippen LogP contribution is -2.27. The topological polar surface area (TPSA) is 45.2 Å². The summed E-state index contributed by atoms with van der Waals surface area (Å²) in [6.07, 6.45) is 12.2. The fourth-order valence-electron chi connectivity index (χ4n) is 3.53. The fourth-order valence-corrected chi connectivity index (χ4v) is 4.84. The maximum absolute atomic E-state index is 12.4. The predicted octanol–water partition coefficient (Wildman–Crippen LogP) is 4.19. The molecule has 5 heteroatoms. The molecule has 0 spiro atoms. The minimum atomic E-state index is 0.144. The van der Waals surface area contributed by atoms with E-state index in [0.717, 1.165) is 55.5 Å². The van der Waals surface area contributed by atoms with E-state index in [4.69, 9.17) is 0 Å². The molecule has 4 nitrogen and oxygen atoms in total. The number of aromatic nitrogens is 1. The summed E-state index contributed by atoms with van der Waals surface area (Å²) >= 11 is 2.14. The number of carbonyl (C=O) groups is 1. The zero-order chi connectivity index (χ0) is 16.6. The van der Waals surface area contributed by atoms with Crippen molar-refractivity contribution < 1.29 is 4.79 Å². The average molecular weight is 348 g/mol. The second-order valence-electron chi connectivity index (χ2n) is 6.84. The number of hydrogen-bond acceptors (Lipinski definition) is 4. The highest BCUT2D eigenvalue weighted by molar-refractivity contribution is 7.99. The molecule has 1 saturated heterocycles. The number of thioether (sulfide) groups is 1. The van der Waals surface area contributed by atoms with Gasteiger partial charge in [-0.25, -0.2) is 4.98 Å². The van der Waals surface area contributed by atoms with Crippen LogP contribution < -0.4 is 5.32 Å². The molecular formula is C19H29N3OS.